The molecule has 0 aliphatic carbocycles. The van der Waals surface area contributed by atoms with Crippen molar-refractivity contribution in [1.82, 2.24) is 14.9 Å². The third kappa shape index (κ3) is 4.42. The van der Waals surface area contributed by atoms with Crippen molar-refractivity contribution in [1.29, 1.82) is 0 Å². The van der Waals surface area contributed by atoms with E-state index in [1.165, 1.54) is 0 Å². The zero-order valence-electron chi connectivity index (χ0n) is 9.06. The van der Waals surface area contributed by atoms with Crippen molar-refractivity contribution in [2.45, 2.75) is 32.5 Å². The van der Waals surface area contributed by atoms with E-state index in [2.05, 4.69) is 17.2 Å². The molecule has 0 spiro atoms. The number of nitrogens with zero attached hydrogens (tertiary/aromatic N) is 2. The second kappa shape index (κ2) is 6.55. The Hall–Kier alpha value is -0.910. The molecule has 5 heteroatoms. The van der Waals surface area contributed by atoms with Crippen LogP contribution in [-0.2, 0) is 13.1 Å². The molecule has 1 aromatic heterocycles. The van der Waals surface area contributed by atoms with Crippen molar-refractivity contribution in [2.24, 2.45) is 0 Å². The molecule has 15 heavy (non-hydrogen) atoms. The Labute approximate surface area is 89.8 Å². The average Bonchev–Trinajstić information content (AvgIpc) is 2.66. The van der Waals surface area contributed by atoms with Gasteiger partial charge >= 0.3 is 0 Å². The molecule has 5 nitrogen and oxygen atoms in total. The SMILES string of the molecule is CCCNCc1cn(CC(O)CO)cn1. The molecule has 1 rings (SSSR count). The maximum absolute atomic E-state index is 9.22. The lowest BCUT2D eigenvalue weighted by Crippen LogP contribution is -2.19. The molecular formula is C10H19N3O2. The van der Waals surface area contributed by atoms with E-state index < -0.39 is 6.10 Å². The van der Waals surface area contributed by atoms with Gasteiger partial charge in [-0.2, -0.15) is 0 Å². The maximum Gasteiger partial charge on any atom is 0.0950 e. The van der Waals surface area contributed by atoms with Gasteiger partial charge in [-0.25, -0.2) is 4.98 Å². The summed E-state index contributed by atoms with van der Waals surface area (Å²) >= 11 is 0. The van der Waals surface area contributed by atoms with Gasteiger partial charge in [-0.3, -0.25) is 0 Å². The molecule has 0 aliphatic heterocycles. The molecular weight excluding hydrogens is 194 g/mol. The summed E-state index contributed by atoms with van der Waals surface area (Å²) in [5.74, 6) is 0. The van der Waals surface area contributed by atoms with Gasteiger partial charge in [0.05, 0.1) is 31.3 Å². The molecule has 0 radical (unpaired) electrons. The Morgan fingerprint density at radius 2 is 2.40 bits per heavy atom. The highest BCUT2D eigenvalue weighted by atomic mass is 16.3. The lowest BCUT2D eigenvalue weighted by molar-refractivity contribution is 0.0812. The summed E-state index contributed by atoms with van der Waals surface area (Å²) in [6, 6.07) is 0. The van der Waals surface area contributed by atoms with Crippen LogP contribution in [-0.4, -0.2) is 39.0 Å². The standard InChI is InChI=1S/C10H19N3O2/c1-2-3-11-4-9-5-13(8-12-9)6-10(15)7-14/h5,8,10-11,14-15H,2-4,6-7H2,1H3. The van der Waals surface area contributed by atoms with Crippen LogP contribution in [0.5, 0.6) is 0 Å². The summed E-state index contributed by atoms with van der Waals surface area (Å²) in [4.78, 5) is 4.18. The van der Waals surface area contributed by atoms with Gasteiger partial charge in [0.2, 0.25) is 0 Å². The van der Waals surface area contributed by atoms with Crippen LogP contribution in [0.15, 0.2) is 12.5 Å². The summed E-state index contributed by atoms with van der Waals surface area (Å²) in [5.41, 5.74) is 0.952. The third-order valence-electron chi connectivity index (χ3n) is 2.05. The quantitative estimate of drug-likeness (QED) is 0.546. The van der Waals surface area contributed by atoms with Crippen LogP contribution in [0.25, 0.3) is 0 Å². The van der Waals surface area contributed by atoms with Gasteiger partial charge in [-0.15, -0.1) is 0 Å². The molecule has 86 valence electrons. The van der Waals surface area contributed by atoms with E-state index in [1.807, 2.05) is 6.20 Å². The summed E-state index contributed by atoms with van der Waals surface area (Å²) in [6.45, 7) is 4.00. The van der Waals surface area contributed by atoms with E-state index in [9.17, 15) is 5.11 Å². The van der Waals surface area contributed by atoms with Crippen molar-refractivity contribution >= 4 is 0 Å². The van der Waals surface area contributed by atoms with Crippen LogP contribution in [0.3, 0.4) is 0 Å². The highest BCUT2D eigenvalue weighted by Gasteiger charge is 2.04. The van der Waals surface area contributed by atoms with E-state index in [0.29, 0.717) is 6.54 Å². The van der Waals surface area contributed by atoms with Gasteiger partial charge in [0.15, 0.2) is 0 Å². The fourth-order valence-electron chi connectivity index (χ4n) is 1.29. The number of rotatable bonds is 7. The first-order valence-corrected chi connectivity index (χ1v) is 5.26. The van der Waals surface area contributed by atoms with Crippen molar-refractivity contribution in [2.75, 3.05) is 13.2 Å². The molecule has 0 aromatic carbocycles. The molecule has 0 aliphatic rings. The van der Waals surface area contributed by atoms with Gasteiger partial charge in [0, 0.05) is 12.7 Å². The third-order valence-corrected chi connectivity index (χ3v) is 2.05. The van der Waals surface area contributed by atoms with Crippen molar-refractivity contribution in [3.05, 3.63) is 18.2 Å². The molecule has 1 aromatic rings. The van der Waals surface area contributed by atoms with Crippen molar-refractivity contribution in [3.8, 4) is 0 Å². The van der Waals surface area contributed by atoms with Crippen LogP contribution < -0.4 is 5.32 Å². The molecule has 0 saturated carbocycles. The number of hydrogen-bond acceptors (Lipinski definition) is 4. The van der Waals surface area contributed by atoms with E-state index in [-0.39, 0.29) is 6.61 Å². The van der Waals surface area contributed by atoms with E-state index in [1.54, 1.807) is 10.9 Å². The zero-order valence-corrected chi connectivity index (χ0v) is 9.06. The van der Waals surface area contributed by atoms with Gasteiger partial charge in [-0.05, 0) is 13.0 Å². The van der Waals surface area contributed by atoms with Crippen LogP contribution in [0, 0.1) is 0 Å². The Kier molecular flexibility index (Phi) is 5.31. The Balaban J connectivity index is 2.35. The minimum absolute atomic E-state index is 0.221. The maximum atomic E-state index is 9.22. The van der Waals surface area contributed by atoms with Gasteiger partial charge < -0.3 is 20.1 Å². The Bertz CT molecular complexity index is 275. The first kappa shape index (κ1) is 12.2. The number of nitrogens with one attached hydrogen (secondary N) is 1. The smallest absolute Gasteiger partial charge is 0.0950 e. The van der Waals surface area contributed by atoms with Gasteiger partial charge in [-0.1, -0.05) is 6.92 Å². The number of imidazole rings is 1. The topological polar surface area (TPSA) is 70.3 Å². The van der Waals surface area contributed by atoms with Gasteiger partial charge in [0.1, 0.15) is 0 Å². The molecule has 1 heterocycles. The number of hydrogen-bond donors (Lipinski definition) is 3. The lowest BCUT2D eigenvalue weighted by atomic mass is 10.4. The molecule has 0 fully saturated rings. The average molecular weight is 213 g/mol. The van der Waals surface area contributed by atoms with E-state index in [4.69, 9.17) is 5.11 Å². The molecule has 0 bridgehead atoms. The van der Waals surface area contributed by atoms with E-state index in [0.717, 1.165) is 25.2 Å². The molecule has 0 saturated heterocycles. The van der Waals surface area contributed by atoms with Gasteiger partial charge in [0.25, 0.3) is 0 Å². The van der Waals surface area contributed by atoms with E-state index >= 15 is 0 Å². The summed E-state index contributed by atoms with van der Waals surface area (Å²) in [7, 11) is 0. The second-order valence-electron chi connectivity index (χ2n) is 3.57. The van der Waals surface area contributed by atoms with Crippen LogP contribution in [0.1, 0.15) is 19.0 Å². The highest BCUT2D eigenvalue weighted by Crippen LogP contribution is 1.98. The largest absolute Gasteiger partial charge is 0.394 e. The normalized spacial score (nSPS) is 13.0. The van der Waals surface area contributed by atoms with Crippen molar-refractivity contribution in [3.63, 3.8) is 0 Å². The molecule has 3 N–H and O–H groups in total. The molecule has 1 atom stereocenters. The number of aliphatic hydroxyl groups excluding tert-OH is 2. The summed E-state index contributed by atoms with van der Waals surface area (Å²) in [5, 5.41) is 21.1. The van der Waals surface area contributed by atoms with Crippen LogP contribution in [0.2, 0.25) is 0 Å². The van der Waals surface area contributed by atoms with Crippen LogP contribution >= 0.6 is 0 Å². The van der Waals surface area contributed by atoms with Crippen molar-refractivity contribution < 1.29 is 10.2 Å². The highest BCUT2D eigenvalue weighted by molar-refractivity contribution is 4.96. The fraction of sp³-hybridized carbons (Fsp3) is 0.700. The predicted octanol–water partition coefficient (Wildman–Crippen LogP) is -0.264. The number of aromatic nitrogens is 2. The summed E-state index contributed by atoms with van der Waals surface area (Å²) in [6.07, 6.45) is 3.93. The lowest BCUT2D eigenvalue weighted by Gasteiger charge is -2.06. The first-order valence-electron chi connectivity index (χ1n) is 5.26. The number of aliphatic hydroxyl groups is 2. The monoisotopic (exact) mass is 213 g/mol. The predicted molar refractivity (Wildman–Crippen MR) is 57.3 cm³/mol. The Morgan fingerprint density at radius 3 is 3.07 bits per heavy atom. The molecule has 1 unspecified atom stereocenters. The van der Waals surface area contributed by atoms with Crippen LogP contribution in [0.4, 0.5) is 0 Å². The second-order valence-corrected chi connectivity index (χ2v) is 3.57. The first-order chi connectivity index (χ1) is 7.26. The minimum atomic E-state index is -0.712. The fourth-order valence-corrected chi connectivity index (χ4v) is 1.29. The summed E-state index contributed by atoms with van der Waals surface area (Å²) < 4.78 is 1.78. The molecule has 0 amide bonds. The minimum Gasteiger partial charge on any atom is -0.394 e. The zero-order chi connectivity index (χ0) is 11.1. The Morgan fingerprint density at radius 1 is 1.60 bits per heavy atom.